The average Bonchev–Trinajstić information content (AvgIpc) is 3.29. The van der Waals surface area contributed by atoms with Gasteiger partial charge in [-0.25, -0.2) is 0 Å². The SMILES string of the molecule is Cc1ccccc1NC(=O)[C@@H]1CC(=O)N(c2ccc3c4c(cccc24)CC3)C1. The maximum atomic E-state index is 12.8. The number of nitrogens with zero attached hydrogens (tertiary/aromatic N) is 1. The molecule has 3 aromatic carbocycles. The van der Waals surface area contributed by atoms with E-state index in [1.807, 2.05) is 37.3 Å². The average molecular weight is 370 g/mol. The van der Waals surface area contributed by atoms with Crippen molar-refractivity contribution in [3.8, 4) is 0 Å². The lowest BCUT2D eigenvalue weighted by atomic mass is 10.0. The van der Waals surface area contributed by atoms with Crippen molar-refractivity contribution in [2.24, 2.45) is 5.92 Å². The summed E-state index contributed by atoms with van der Waals surface area (Å²) >= 11 is 0. The van der Waals surface area contributed by atoms with Crippen molar-refractivity contribution in [1.29, 1.82) is 0 Å². The van der Waals surface area contributed by atoms with Gasteiger partial charge in [0.1, 0.15) is 0 Å². The fourth-order valence-electron chi connectivity index (χ4n) is 4.53. The summed E-state index contributed by atoms with van der Waals surface area (Å²) < 4.78 is 0. The number of aryl methyl sites for hydroxylation is 3. The number of nitrogens with one attached hydrogen (secondary N) is 1. The first-order chi connectivity index (χ1) is 13.6. The van der Waals surface area contributed by atoms with Crippen molar-refractivity contribution in [2.45, 2.75) is 26.2 Å². The summed E-state index contributed by atoms with van der Waals surface area (Å²) in [6.45, 7) is 2.39. The molecule has 0 bridgehead atoms. The standard InChI is InChI=1S/C24H22N2O2/c1-15-5-2-3-8-20(15)25-24(28)18-13-22(27)26(14-18)21-12-11-17-10-9-16-6-4-7-19(21)23(16)17/h2-8,11-12,18H,9-10,13-14H2,1H3,(H,25,28)/t18-/m1/s1. The largest absolute Gasteiger partial charge is 0.326 e. The van der Waals surface area contributed by atoms with Crippen LogP contribution >= 0.6 is 0 Å². The molecule has 1 fully saturated rings. The molecule has 2 amide bonds. The van der Waals surface area contributed by atoms with Crippen molar-refractivity contribution in [1.82, 2.24) is 0 Å². The summed E-state index contributed by atoms with van der Waals surface area (Å²) in [6.07, 6.45) is 2.37. The smallest absolute Gasteiger partial charge is 0.229 e. The van der Waals surface area contributed by atoms with E-state index >= 15 is 0 Å². The maximum absolute atomic E-state index is 12.8. The number of rotatable bonds is 3. The fraction of sp³-hybridized carbons (Fsp3) is 0.250. The Hall–Kier alpha value is -3.14. The number of amides is 2. The third-order valence-corrected chi connectivity index (χ3v) is 6.04. The molecule has 3 aromatic rings. The van der Waals surface area contributed by atoms with Gasteiger partial charge in [0.05, 0.1) is 11.6 Å². The van der Waals surface area contributed by atoms with Crippen LogP contribution in [0.5, 0.6) is 0 Å². The van der Waals surface area contributed by atoms with Gasteiger partial charge < -0.3 is 10.2 Å². The first-order valence-electron chi connectivity index (χ1n) is 9.82. The predicted molar refractivity (Wildman–Crippen MR) is 112 cm³/mol. The van der Waals surface area contributed by atoms with E-state index in [0.717, 1.165) is 35.2 Å². The molecule has 2 aliphatic rings. The van der Waals surface area contributed by atoms with Crippen LogP contribution in [-0.2, 0) is 22.4 Å². The van der Waals surface area contributed by atoms with E-state index in [0.29, 0.717) is 6.54 Å². The highest BCUT2D eigenvalue weighted by Gasteiger charge is 2.36. The molecule has 4 nitrogen and oxygen atoms in total. The van der Waals surface area contributed by atoms with E-state index in [9.17, 15) is 9.59 Å². The zero-order valence-corrected chi connectivity index (χ0v) is 15.9. The highest BCUT2D eigenvalue weighted by atomic mass is 16.2. The molecule has 0 spiro atoms. The molecule has 1 aliphatic carbocycles. The van der Waals surface area contributed by atoms with Gasteiger partial charge in [-0.1, -0.05) is 42.5 Å². The van der Waals surface area contributed by atoms with Crippen LogP contribution in [0.3, 0.4) is 0 Å². The first-order valence-corrected chi connectivity index (χ1v) is 9.82. The van der Waals surface area contributed by atoms with Crippen LogP contribution in [0.2, 0.25) is 0 Å². The van der Waals surface area contributed by atoms with Gasteiger partial charge in [-0.3, -0.25) is 9.59 Å². The second kappa shape index (κ2) is 6.48. The lowest BCUT2D eigenvalue weighted by Gasteiger charge is -2.20. The van der Waals surface area contributed by atoms with Crippen molar-refractivity contribution < 1.29 is 9.59 Å². The summed E-state index contributed by atoms with van der Waals surface area (Å²) in [7, 11) is 0. The Kier molecular flexibility index (Phi) is 3.93. The summed E-state index contributed by atoms with van der Waals surface area (Å²) in [4.78, 5) is 27.4. The quantitative estimate of drug-likeness (QED) is 0.750. The summed E-state index contributed by atoms with van der Waals surface area (Å²) in [6, 6.07) is 18.2. The normalized spacial score (nSPS) is 18.1. The van der Waals surface area contributed by atoms with Crippen LogP contribution in [0.25, 0.3) is 10.8 Å². The van der Waals surface area contributed by atoms with Gasteiger partial charge in [-0.05, 0) is 54.0 Å². The topological polar surface area (TPSA) is 49.4 Å². The Labute approximate surface area is 164 Å². The number of carbonyl (C=O) groups excluding carboxylic acids is 2. The Morgan fingerprint density at radius 1 is 1.00 bits per heavy atom. The van der Waals surface area contributed by atoms with Gasteiger partial charge in [0.25, 0.3) is 0 Å². The zero-order valence-electron chi connectivity index (χ0n) is 15.9. The van der Waals surface area contributed by atoms with E-state index in [-0.39, 0.29) is 24.2 Å². The van der Waals surface area contributed by atoms with Gasteiger partial charge in [-0.15, -0.1) is 0 Å². The van der Waals surface area contributed by atoms with Gasteiger partial charge in [0.2, 0.25) is 11.8 Å². The Bertz CT molecular complexity index is 1110. The molecule has 5 rings (SSSR count). The molecule has 0 aromatic heterocycles. The molecule has 0 unspecified atom stereocenters. The van der Waals surface area contributed by atoms with E-state index in [1.165, 1.54) is 16.5 Å². The first kappa shape index (κ1) is 17.0. The summed E-state index contributed by atoms with van der Waals surface area (Å²) in [5.74, 6) is -0.408. The molecule has 0 saturated carbocycles. The lowest BCUT2D eigenvalue weighted by molar-refractivity contribution is -0.122. The Morgan fingerprint density at radius 3 is 2.61 bits per heavy atom. The molecule has 1 aliphatic heterocycles. The molecule has 1 atom stereocenters. The minimum absolute atomic E-state index is 0.0173. The Balaban J connectivity index is 1.43. The van der Waals surface area contributed by atoms with Gasteiger partial charge in [-0.2, -0.15) is 0 Å². The van der Waals surface area contributed by atoms with Crippen LogP contribution in [0, 0.1) is 12.8 Å². The highest BCUT2D eigenvalue weighted by molar-refractivity contribution is 6.09. The van der Waals surface area contributed by atoms with Crippen LogP contribution < -0.4 is 10.2 Å². The molecule has 28 heavy (non-hydrogen) atoms. The number of carbonyl (C=O) groups is 2. The number of hydrogen-bond donors (Lipinski definition) is 1. The molecular formula is C24H22N2O2. The monoisotopic (exact) mass is 370 g/mol. The molecule has 0 radical (unpaired) electrons. The van der Waals surface area contributed by atoms with E-state index < -0.39 is 0 Å². The number of para-hydroxylation sites is 1. The number of benzene rings is 3. The van der Waals surface area contributed by atoms with Crippen LogP contribution in [0.15, 0.2) is 54.6 Å². The number of anilines is 2. The van der Waals surface area contributed by atoms with Crippen LogP contribution in [-0.4, -0.2) is 18.4 Å². The predicted octanol–water partition coefficient (Wildman–Crippen LogP) is 4.24. The second-order valence-corrected chi connectivity index (χ2v) is 7.79. The lowest BCUT2D eigenvalue weighted by Crippen LogP contribution is -2.28. The van der Waals surface area contributed by atoms with Crippen molar-refractivity contribution >= 4 is 34.0 Å². The minimum Gasteiger partial charge on any atom is -0.326 e. The molecule has 140 valence electrons. The van der Waals surface area contributed by atoms with Crippen molar-refractivity contribution in [3.05, 3.63) is 71.3 Å². The molecule has 1 saturated heterocycles. The van der Waals surface area contributed by atoms with Crippen LogP contribution in [0.4, 0.5) is 11.4 Å². The third kappa shape index (κ3) is 2.68. The fourth-order valence-corrected chi connectivity index (χ4v) is 4.53. The van der Waals surface area contributed by atoms with Crippen molar-refractivity contribution in [3.63, 3.8) is 0 Å². The maximum Gasteiger partial charge on any atom is 0.229 e. The summed E-state index contributed by atoms with van der Waals surface area (Å²) in [5, 5.41) is 5.41. The zero-order chi connectivity index (χ0) is 19.3. The van der Waals surface area contributed by atoms with Gasteiger partial charge in [0.15, 0.2) is 0 Å². The molecule has 1 heterocycles. The van der Waals surface area contributed by atoms with Gasteiger partial charge >= 0.3 is 0 Å². The highest BCUT2D eigenvalue weighted by Crippen LogP contribution is 2.38. The molecule has 4 heteroatoms. The minimum atomic E-state index is -0.338. The second-order valence-electron chi connectivity index (χ2n) is 7.79. The Morgan fingerprint density at radius 2 is 1.79 bits per heavy atom. The third-order valence-electron chi connectivity index (χ3n) is 6.04. The number of hydrogen-bond acceptors (Lipinski definition) is 2. The van der Waals surface area contributed by atoms with Crippen molar-refractivity contribution in [2.75, 3.05) is 16.8 Å². The molecular weight excluding hydrogens is 348 g/mol. The van der Waals surface area contributed by atoms with E-state index in [4.69, 9.17) is 0 Å². The van der Waals surface area contributed by atoms with Gasteiger partial charge in [0, 0.05) is 24.0 Å². The molecule has 1 N–H and O–H groups in total. The summed E-state index contributed by atoms with van der Waals surface area (Å²) in [5.41, 5.74) is 5.47. The van der Waals surface area contributed by atoms with E-state index in [2.05, 4.69) is 29.6 Å². The van der Waals surface area contributed by atoms with Crippen LogP contribution in [0.1, 0.15) is 23.1 Å². The van der Waals surface area contributed by atoms with E-state index in [1.54, 1.807) is 4.90 Å².